The molecule has 1 fully saturated rings. The highest BCUT2D eigenvalue weighted by Gasteiger charge is 2.38. The summed E-state index contributed by atoms with van der Waals surface area (Å²) in [6.07, 6.45) is 7.29. The van der Waals surface area contributed by atoms with Crippen LogP contribution < -0.4 is 5.32 Å². The van der Waals surface area contributed by atoms with E-state index in [0.29, 0.717) is 37.2 Å². The van der Waals surface area contributed by atoms with E-state index in [1.165, 1.54) is 12.8 Å². The summed E-state index contributed by atoms with van der Waals surface area (Å²) in [4.78, 5) is 34.8. The zero-order chi connectivity index (χ0) is 26.8. The van der Waals surface area contributed by atoms with Crippen LogP contribution in [0.25, 0.3) is 22.5 Å². The number of aromatic nitrogens is 4. The van der Waals surface area contributed by atoms with Gasteiger partial charge < -0.3 is 19.7 Å². The fourth-order valence-corrected chi connectivity index (χ4v) is 3.32. The number of aliphatic carboxylic acids is 1. The number of carboxylic acids is 1. The lowest BCUT2D eigenvalue weighted by Gasteiger charge is -2.09. The number of hydrogen-bond acceptors (Lipinski definition) is 6. The zero-order valence-electron chi connectivity index (χ0n) is 20.2. The quantitative estimate of drug-likeness (QED) is 0.385. The molecule has 1 amide bonds. The molecule has 0 spiro atoms. The summed E-state index contributed by atoms with van der Waals surface area (Å²) in [7, 11) is 0. The van der Waals surface area contributed by atoms with Gasteiger partial charge in [-0.15, -0.1) is 0 Å². The molecule has 12 heteroatoms. The van der Waals surface area contributed by atoms with Crippen LogP contribution in [0.5, 0.6) is 0 Å². The number of hydrogen-bond donors (Lipinski definition) is 2. The second kappa shape index (κ2) is 12.9. The van der Waals surface area contributed by atoms with Crippen molar-refractivity contribution in [2.24, 2.45) is 5.92 Å². The molecule has 2 N–H and O–H groups in total. The third-order valence-electron chi connectivity index (χ3n) is 5.38. The lowest BCUT2D eigenvalue weighted by Crippen LogP contribution is -2.27. The van der Waals surface area contributed by atoms with E-state index in [2.05, 4.69) is 24.8 Å². The standard InChI is InChI=1S/C23H27N5O2.C2HF3O2/c1-2-30-10-4-9-25-23(29)21-11-19(16-28(21)15-17-6-7-17)20-13-26-22(27-14-20)18-5-3-8-24-12-18;3-2(4,5)1(6)7/h3,5,8,11-14,16-17H,2,4,6-7,9-10,15H2,1H3,(H,25,29);(H,6,7). The number of nitrogens with zero attached hydrogens (tertiary/aromatic N) is 4. The van der Waals surface area contributed by atoms with Gasteiger partial charge in [0.05, 0.1) is 0 Å². The Morgan fingerprint density at radius 2 is 1.86 bits per heavy atom. The highest BCUT2D eigenvalue weighted by Crippen LogP contribution is 2.32. The minimum Gasteiger partial charge on any atom is -0.475 e. The molecule has 198 valence electrons. The average Bonchev–Trinajstić information content (AvgIpc) is 3.60. The van der Waals surface area contributed by atoms with Crippen molar-refractivity contribution in [1.82, 2.24) is 24.8 Å². The van der Waals surface area contributed by atoms with Gasteiger partial charge in [-0.3, -0.25) is 9.78 Å². The molecule has 0 radical (unpaired) electrons. The van der Waals surface area contributed by atoms with Gasteiger partial charge in [0.25, 0.3) is 5.91 Å². The normalized spacial score (nSPS) is 13.0. The summed E-state index contributed by atoms with van der Waals surface area (Å²) < 4.78 is 39.1. The predicted octanol–water partition coefficient (Wildman–Crippen LogP) is 4.21. The molecule has 0 bridgehead atoms. The third-order valence-corrected chi connectivity index (χ3v) is 5.38. The SMILES string of the molecule is CCOCCCNC(=O)c1cc(-c2cnc(-c3cccnc3)nc2)cn1CC1CC1.O=C(O)C(F)(F)F. The predicted molar refractivity (Wildman–Crippen MR) is 129 cm³/mol. The topological polar surface area (TPSA) is 119 Å². The molecule has 0 saturated heterocycles. The molecule has 37 heavy (non-hydrogen) atoms. The van der Waals surface area contributed by atoms with Crippen molar-refractivity contribution in [1.29, 1.82) is 0 Å². The van der Waals surface area contributed by atoms with Crippen molar-refractivity contribution in [2.75, 3.05) is 19.8 Å². The lowest BCUT2D eigenvalue weighted by atomic mass is 10.1. The maximum Gasteiger partial charge on any atom is 0.490 e. The van der Waals surface area contributed by atoms with Gasteiger partial charge in [0, 0.05) is 74.0 Å². The second-order valence-electron chi connectivity index (χ2n) is 8.36. The smallest absolute Gasteiger partial charge is 0.475 e. The number of pyridine rings is 1. The molecular formula is C25H28F3N5O4. The van der Waals surface area contributed by atoms with Gasteiger partial charge in [-0.25, -0.2) is 14.8 Å². The minimum absolute atomic E-state index is 0.0497. The number of ether oxygens (including phenoxy) is 1. The Hall–Kier alpha value is -3.80. The molecule has 3 aromatic heterocycles. The van der Waals surface area contributed by atoms with E-state index in [-0.39, 0.29) is 5.91 Å². The summed E-state index contributed by atoms with van der Waals surface area (Å²) in [5.41, 5.74) is 3.41. The summed E-state index contributed by atoms with van der Waals surface area (Å²) in [5.74, 6) is -1.51. The van der Waals surface area contributed by atoms with Crippen LogP contribution in [0.2, 0.25) is 0 Å². The molecule has 1 aliphatic carbocycles. The van der Waals surface area contributed by atoms with Crippen LogP contribution in [0.3, 0.4) is 0 Å². The first-order chi connectivity index (χ1) is 17.7. The summed E-state index contributed by atoms with van der Waals surface area (Å²) >= 11 is 0. The monoisotopic (exact) mass is 519 g/mol. The van der Waals surface area contributed by atoms with Crippen LogP contribution >= 0.6 is 0 Å². The molecule has 9 nitrogen and oxygen atoms in total. The van der Waals surface area contributed by atoms with Gasteiger partial charge in [-0.05, 0) is 50.3 Å². The number of amides is 1. The Morgan fingerprint density at radius 3 is 2.43 bits per heavy atom. The zero-order valence-corrected chi connectivity index (χ0v) is 20.2. The van der Waals surface area contributed by atoms with Gasteiger partial charge in [0.2, 0.25) is 0 Å². The van der Waals surface area contributed by atoms with Gasteiger partial charge in [-0.2, -0.15) is 13.2 Å². The van der Waals surface area contributed by atoms with Crippen molar-refractivity contribution < 1.29 is 32.6 Å². The third kappa shape index (κ3) is 8.67. The van der Waals surface area contributed by atoms with Gasteiger partial charge in [-0.1, -0.05) is 0 Å². The van der Waals surface area contributed by atoms with Crippen LogP contribution in [0.1, 0.15) is 36.7 Å². The minimum atomic E-state index is -5.08. The van der Waals surface area contributed by atoms with Crippen molar-refractivity contribution in [3.8, 4) is 22.5 Å². The highest BCUT2D eigenvalue weighted by molar-refractivity contribution is 5.94. The Balaban J connectivity index is 0.000000479. The van der Waals surface area contributed by atoms with E-state index < -0.39 is 12.1 Å². The van der Waals surface area contributed by atoms with Gasteiger partial charge >= 0.3 is 12.1 Å². The average molecular weight is 520 g/mol. The number of carbonyl (C=O) groups is 2. The van der Waals surface area contributed by atoms with E-state index >= 15 is 0 Å². The Kier molecular flexibility index (Phi) is 9.72. The molecule has 0 aromatic carbocycles. The first-order valence-corrected chi connectivity index (χ1v) is 11.8. The van der Waals surface area contributed by atoms with Crippen LogP contribution in [0, 0.1) is 5.92 Å². The number of alkyl halides is 3. The fourth-order valence-electron chi connectivity index (χ4n) is 3.32. The first-order valence-electron chi connectivity index (χ1n) is 11.8. The molecular weight excluding hydrogens is 491 g/mol. The maximum absolute atomic E-state index is 12.8. The van der Waals surface area contributed by atoms with E-state index in [9.17, 15) is 18.0 Å². The largest absolute Gasteiger partial charge is 0.490 e. The van der Waals surface area contributed by atoms with Crippen LogP contribution in [0.15, 0.2) is 49.2 Å². The van der Waals surface area contributed by atoms with Crippen molar-refractivity contribution in [3.05, 3.63) is 54.9 Å². The van der Waals surface area contributed by atoms with Crippen molar-refractivity contribution in [3.63, 3.8) is 0 Å². The second-order valence-corrected chi connectivity index (χ2v) is 8.36. The molecule has 1 saturated carbocycles. The number of carboxylic acid groups (broad SMARTS) is 1. The number of halogens is 3. The van der Waals surface area contributed by atoms with Crippen molar-refractivity contribution in [2.45, 2.75) is 38.9 Å². The molecule has 1 aliphatic rings. The maximum atomic E-state index is 12.8. The van der Waals surface area contributed by atoms with E-state index in [4.69, 9.17) is 14.6 Å². The summed E-state index contributed by atoms with van der Waals surface area (Å²) in [5, 5.41) is 10.1. The highest BCUT2D eigenvalue weighted by atomic mass is 19.4. The lowest BCUT2D eigenvalue weighted by molar-refractivity contribution is -0.192. The van der Waals surface area contributed by atoms with Crippen LogP contribution in [0.4, 0.5) is 13.2 Å². The summed E-state index contributed by atoms with van der Waals surface area (Å²) in [6.45, 7) is 4.80. The Bertz CT molecular complexity index is 1160. The molecule has 3 aromatic rings. The molecule has 0 atom stereocenters. The molecule has 0 aliphatic heterocycles. The van der Waals surface area contributed by atoms with Crippen LogP contribution in [-0.2, 0) is 16.1 Å². The van der Waals surface area contributed by atoms with Gasteiger partial charge in [0.15, 0.2) is 5.82 Å². The summed E-state index contributed by atoms with van der Waals surface area (Å²) in [6, 6.07) is 5.73. The van der Waals surface area contributed by atoms with E-state index in [0.717, 1.165) is 29.7 Å². The molecule has 4 rings (SSSR count). The Morgan fingerprint density at radius 1 is 1.16 bits per heavy atom. The van der Waals surface area contributed by atoms with Crippen LogP contribution in [-0.4, -0.2) is 62.4 Å². The number of carbonyl (C=O) groups excluding carboxylic acids is 1. The fraction of sp³-hybridized carbons (Fsp3) is 0.400. The van der Waals surface area contributed by atoms with Gasteiger partial charge in [0.1, 0.15) is 5.69 Å². The van der Waals surface area contributed by atoms with E-state index in [1.54, 1.807) is 24.8 Å². The Labute approximate surface area is 211 Å². The van der Waals surface area contributed by atoms with E-state index in [1.807, 2.05) is 31.3 Å². The molecule has 0 unspecified atom stereocenters. The number of rotatable bonds is 10. The molecule has 3 heterocycles. The van der Waals surface area contributed by atoms with Crippen molar-refractivity contribution >= 4 is 11.9 Å². The first kappa shape index (κ1) is 27.8. The number of nitrogens with one attached hydrogen (secondary N) is 1.